The summed E-state index contributed by atoms with van der Waals surface area (Å²) >= 11 is 7.57. The lowest BCUT2D eigenvalue weighted by Gasteiger charge is -2.15. The molecule has 0 atom stereocenters. The molecule has 1 N–H and O–H groups in total. The third kappa shape index (κ3) is 3.67. The number of nitrogens with one attached hydrogen (secondary N) is 1. The highest BCUT2D eigenvalue weighted by Crippen LogP contribution is 2.22. The molecule has 1 saturated heterocycles. The van der Waals surface area contributed by atoms with Gasteiger partial charge in [-0.3, -0.25) is 9.59 Å². The molecule has 1 fully saturated rings. The Hall–Kier alpha value is -1.20. The first-order valence-corrected chi connectivity index (χ1v) is 8.11. The van der Waals surface area contributed by atoms with Crippen molar-refractivity contribution >= 4 is 35.2 Å². The van der Waals surface area contributed by atoms with Crippen LogP contribution in [0.4, 0.5) is 0 Å². The Morgan fingerprint density at radius 3 is 2.70 bits per heavy atom. The maximum Gasteiger partial charge on any atom is 0.253 e. The number of carbonyl (C=O) groups excluding carboxylic acids is 2. The van der Waals surface area contributed by atoms with Crippen molar-refractivity contribution in [2.75, 3.05) is 25.9 Å². The van der Waals surface area contributed by atoms with E-state index in [4.69, 9.17) is 11.6 Å². The lowest BCUT2D eigenvalue weighted by atomic mass is 10.2. The average molecular weight is 313 g/mol. The molecule has 1 aliphatic rings. The van der Waals surface area contributed by atoms with E-state index >= 15 is 0 Å². The van der Waals surface area contributed by atoms with Crippen molar-refractivity contribution in [1.29, 1.82) is 0 Å². The van der Waals surface area contributed by atoms with Crippen molar-refractivity contribution in [3.8, 4) is 0 Å². The van der Waals surface area contributed by atoms with Crippen LogP contribution in [0.2, 0.25) is 5.02 Å². The normalized spacial score (nSPS) is 14.4. The summed E-state index contributed by atoms with van der Waals surface area (Å²) in [6.45, 7) is 1.60. The molecule has 1 aromatic rings. The van der Waals surface area contributed by atoms with E-state index in [1.54, 1.807) is 28.8 Å². The van der Waals surface area contributed by atoms with Crippen LogP contribution in [-0.4, -0.2) is 42.6 Å². The van der Waals surface area contributed by atoms with Gasteiger partial charge in [0.1, 0.15) is 0 Å². The van der Waals surface area contributed by atoms with Crippen molar-refractivity contribution in [1.82, 2.24) is 10.2 Å². The molecule has 1 aliphatic heterocycles. The Bertz CT molecular complexity index is 516. The van der Waals surface area contributed by atoms with Gasteiger partial charge in [-0.2, -0.15) is 0 Å². The van der Waals surface area contributed by atoms with Crippen LogP contribution in [0.15, 0.2) is 23.1 Å². The number of hydrogen-bond acceptors (Lipinski definition) is 3. The molecule has 4 nitrogen and oxygen atoms in total. The van der Waals surface area contributed by atoms with E-state index in [9.17, 15) is 9.59 Å². The summed E-state index contributed by atoms with van der Waals surface area (Å²) in [6.07, 6.45) is 4.02. The van der Waals surface area contributed by atoms with E-state index in [1.165, 1.54) is 0 Å². The van der Waals surface area contributed by atoms with Gasteiger partial charge >= 0.3 is 0 Å². The molecular weight excluding hydrogens is 296 g/mol. The smallest absolute Gasteiger partial charge is 0.253 e. The molecule has 1 aromatic carbocycles. The zero-order valence-electron chi connectivity index (χ0n) is 11.3. The molecule has 0 radical (unpaired) electrons. The number of amides is 2. The summed E-state index contributed by atoms with van der Waals surface area (Å²) in [6, 6.07) is 5.30. The first-order chi connectivity index (χ1) is 9.61. The zero-order chi connectivity index (χ0) is 14.5. The number of thioether (sulfide) groups is 1. The summed E-state index contributed by atoms with van der Waals surface area (Å²) in [4.78, 5) is 26.7. The molecule has 20 heavy (non-hydrogen) atoms. The van der Waals surface area contributed by atoms with Crippen molar-refractivity contribution in [2.45, 2.75) is 17.7 Å². The molecule has 0 bridgehead atoms. The van der Waals surface area contributed by atoms with Crippen molar-refractivity contribution in [2.24, 2.45) is 0 Å². The first-order valence-electron chi connectivity index (χ1n) is 6.51. The SMILES string of the molecule is CSc1ccc(Cl)c(C(=O)NCC(=O)N2CCCC2)c1. The highest BCUT2D eigenvalue weighted by molar-refractivity contribution is 7.98. The van der Waals surface area contributed by atoms with Crippen molar-refractivity contribution in [3.63, 3.8) is 0 Å². The maximum atomic E-state index is 12.1. The predicted molar refractivity (Wildman–Crippen MR) is 81.4 cm³/mol. The average Bonchev–Trinajstić information content (AvgIpc) is 2.99. The van der Waals surface area contributed by atoms with E-state index in [2.05, 4.69) is 5.32 Å². The summed E-state index contributed by atoms with van der Waals surface area (Å²) in [7, 11) is 0. The zero-order valence-corrected chi connectivity index (χ0v) is 12.9. The van der Waals surface area contributed by atoms with Gasteiger partial charge in [-0.15, -0.1) is 11.8 Å². The second kappa shape index (κ2) is 6.99. The van der Waals surface area contributed by atoms with E-state index in [0.717, 1.165) is 30.8 Å². The number of nitrogens with zero attached hydrogens (tertiary/aromatic N) is 1. The molecule has 0 aliphatic carbocycles. The number of halogens is 1. The Labute approximate surface area is 127 Å². The van der Waals surface area contributed by atoms with E-state index < -0.39 is 0 Å². The molecule has 108 valence electrons. The van der Waals surface area contributed by atoms with E-state index in [0.29, 0.717) is 10.6 Å². The summed E-state index contributed by atoms with van der Waals surface area (Å²) in [5.41, 5.74) is 0.410. The van der Waals surface area contributed by atoms with E-state index in [1.807, 2.05) is 12.3 Å². The molecule has 1 heterocycles. The topological polar surface area (TPSA) is 49.4 Å². The minimum atomic E-state index is -0.307. The summed E-state index contributed by atoms with van der Waals surface area (Å²) in [5, 5.41) is 3.04. The summed E-state index contributed by atoms with van der Waals surface area (Å²) in [5.74, 6) is -0.341. The predicted octanol–water partition coefficient (Wildman–Crippen LogP) is 2.41. The Morgan fingerprint density at radius 1 is 1.35 bits per heavy atom. The molecule has 0 aromatic heterocycles. The monoisotopic (exact) mass is 312 g/mol. The van der Waals surface area contributed by atoms with E-state index in [-0.39, 0.29) is 18.4 Å². The van der Waals surface area contributed by atoms with Gasteiger partial charge in [0.05, 0.1) is 17.1 Å². The fraction of sp³-hybridized carbons (Fsp3) is 0.429. The molecule has 0 unspecified atom stereocenters. The van der Waals surface area contributed by atoms with Gasteiger partial charge in [0, 0.05) is 18.0 Å². The van der Waals surface area contributed by atoms with Crippen LogP contribution in [0.1, 0.15) is 23.2 Å². The maximum absolute atomic E-state index is 12.1. The second-order valence-corrected chi connectivity index (χ2v) is 5.90. The third-order valence-electron chi connectivity index (χ3n) is 3.28. The minimum Gasteiger partial charge on any atom is -0.343 e. The van der Waals surface area contributed by atoms with Gasteiger partial charge in [-0.25, -0.2) is 0 Å². The van der Waals surface area contributed by atoms with Crippen molar-refractivity contribution < 1.29 is 9.59 Å². The van der Waals surface area contributed by atoms with Crippen LogP contribution in [0.25, 0.3) is 0 Å². The highest BCUT2D eigenvalue weighted by atomic mass is 35.5. The van der Waals surface area contributed by atoms with Crippen LogP contribution in [0, 0.1) is 0 Å². The lowest BCUT2D eigenvalue weighted by molar-refractivity contribution is -0.129. The number of rotatable bonds is 4. The van der Waals surface area contributed by atoms with Gasteiger partial charge in [-0.1, -0.05) is 11.6 Å². The molecule has 2 amide bonds. The van der Waals surface area contributed by atoms with Gasteiger partial charge < -0.3 is 10.2 Å². The Kier molecular flexibility index (Phi) is 5.31. The molecule has 0 saturated carbocycles. The van der Waals surface area contributed by atoms with Crippen LogP contribution >= 0.6 is 23.4 Å². The van der Waals surface area contributed by atoms with Crippen LogP contribution in [0.3, 0.4) is 0 Å². The second-order valence-electron chi connectivity index (χ2n) is 4.62. The quantitative estimate of drug-likeness (QED) is 0.869. The number of likely N-dealkylation sites (tertiary alicyclic amines) is 1. The third-order valence-corrected chi connectivity index (χ3v) is 4.33. The van der Waals surface area contributed by atoms with Gasteiger partial charge in [-0.05, 0) is 37.3 Å². The first kappa shape index (κ1) is 15.2. The van der Waals surface area contributed by atoms with Crippen LogP contribution in [0.5, 0.6) is 0 Å². The largest absolute Gasteiger partial charge is 0.343 e. The van der Waals surface area contributed by atoms with Crippen LogP contribution < -0.4 is 5.32 Å². The number of carbonyl (C=O) groups is 2. The van der Waals surface area contributed by atoms with Gasteiger partial charge in [0.15, 0.2) is 0 Å². The Balaban J connectivity index is 1.96. The standard InChI is InChI=1S/C14H17ClN2O2S/c1-20-10-4-5-12(15)11(8-10)14(19)16-9-13(18)17-6-2-3-7-17/h4-5,8H,2-3,6-7,9H2,1H3,(H,16,19). The Morgan fingerprint density at radius 2 is 2.05 bits per heavy atom. The fourth-order valence-electron chi connectivity index (χ4n) is 2.13. The molecule has 2 rings (SSSR count). The molecular formula is C14H17ClN2O2S. The number of hydrogen-bond donors (Lipinski definition) is 1. The van der Waals surface area contributed by atoms with Crippen LogP contribution in [-0.2, 0) is 4.79 Å². The molecule has 0 spiro atoms. The van der Waals surface area contributed by atoms with Gasteiger partial charge in [0.25, 0.3) is 5.91 Å². The summed E-state index contributed by atoms with van der Waals surface area (Å²) < 4.78 is 0. The van der Waals surface area contributed by atoms with Crippen molar-refractivity contribution in [3.05, 3.63) is 28.8 Å². The molecule has 6 heteroatoms. The van der Waals surface area contributed by atoms with Gasteiger partial charge in [0.2, 0.25) is 5.91 Å². The fourth-order valence-corrected chi connectivity index (χ4v) is 2.78. The lowest BCUT2D eigenvalue weighted by Crippen LogP contribution is -2.38. The number of benzene rings is 1. The highest BCUT2D eigenvalue weighted by Gasteiger charge is 2.19. The minimum absolute atomic E-state index is 0.0264.